The molecule has 1 rings (SSSR count). The second-order valence-corrected chi connectivity index (χ2v) is 3.31. The minimum absolute atomic E-state index is 0.135. The van der Waals surface area contributed by atoms with Gasteiger partial charge in [-0.2, -0.15) is 0 Å². The number of hydrogen-bond acceptors (Lipinski definition) is 3. The fraction of sp³-hybridized carbons (Fsp3) is 0.500. The van der Waals surface area contributed by atoms with Crippen LogP contribution in [-0.4, -0.2) is 41.9 Å². The van der Waals surface area contributed by atoms with Crippen molar-refractivity contribution in [1.29, 1.82) is 0 Å². The van der Waals surface area contributed by atoms with Gasteiger partial charge in [0, 0.05) is 20.4 Å². The first-order valence-electron chi connectivity index (χ1n) is 4.71. The van der Waals surface area contributed by atoms with E-state index in [1.807, 2.05) is 0 Å². The number of aromatic nitrogens is 1. The Kier molecular flexibility index (Phi) is 4.33. The van der Waals surface area contributed by atoms with Crippen LogP contribution >= 0.6 is 0 Å². The van der Waals surface area contributed by atoms with Gasteiger partial charge < -0.3 is 19.7 Å². The Morgan fingerprint density at radius 2 is 2.47 bits per heavy atom. The van der Waals surface area contributed by atoms with Crippen molar-refractivity contribution in [2.75, 3.05) is 20.3 Å². The summed E-state index contributed by atoms with van der Waals surface area (Å²) < 4.78 is 6.58. The predicted molar refractivity (Wildman–Crippen MR) is 55.6 cm³/mol. The highest BCUT2D eigenvalue weighted by molar-refractivity contribution is 5.92. The summed E-state index contributed by atoms with van der Waals surface area (Å²) in [5.41, 5.74) is 0.560. The van der Waals surface area contributed by atoms with Crippen LogP contribution in [0.4, 0.5) is 0 Å². The molecule has 0 aliphatic rings. The Morgan fingerprint density at radius 1 is 1.73 bits per heavy atom. The summed E-state index contributed by atoms with van der Waals surface area (Å²) in [6.45, 7) is 0.163. The van der Waals surface area contributed by atoms with E-state index in [1.165, 1.54) is 7.11 Å². The molecule has 1 aromatic rings. The predicted octanol–water partition coefficient (Wildman–Crippen LogP) is -0.238. The molecule has 0 bridgehead atoms. The van der Waals surface area contributed by atoms with E-state index in [-0.39, 0.29) is 18.6 Å². The fourth-order valence-corrected chi connectivity index (χ4v) is 1.30. The molecule has 1 heterocycles. The van der Waals surface area contributed by atoms with Crippen LogP contribution < -0.4 is 5.32 Å². The van der Waals surface area contributed by atoms with E-state index in [2.05, 4.69) is 5.32 Å². The van der Waals surface area contributed by atoms with Crippen molar-refractivity contribution in [3.63, 3.8) is 0 Å². The van der Waals surface area contributed by atoms with E-state index in [0.717, 1.165) is 0 Å². The quantitative estimate of drug-likeness (QED) is 0.708. The lowest BCUT2D eigenvalue weighted by Gasteiger charge is -2.15. The highest BCUT2D eigenvalue weighted by atomic mass is 16.5. The van der Waals surface area contributed by atoms with Crippen LogP contribution in [-0.2, 0) is 11.8 Å². The molecule has 0 aliphatic heterocycles. The summed E-state index contributed by atoms with van der Waals surface area (Å²) in [5, 5.41) is 11.6. The standard InChI is InChI=1S/C10H16N2O3/c1-12-5-3-4-9(12)10(14)11-8(6-13)7-15-2/h3-5,8,13H,6-7H2,1-2H3,(H,11,14). The Balaban J connectivity index is 2.58. The van der Waals surface area contributed by atoms with Gasteiger partial charge in [-0.15, -0.1) is 0 Å². The Hall–Kier alpha value is -1.33. The Labute approximate surface area is 88.7 Å². The molecule has 84 valence electrons. The molecular weight excluding hydrogens is 196 g/mol. The summed E-state index contributed by atoms with van der Waals surface area (Å²) in [7, 11) is 3.32. The second-order valence-electron chi connectivity index (χ2n) is 3.31. The van der Waals surface area contributed by atoms with Gasteiger partial charge in [-0.25, -0.2) is 0 Å². The molecule has 0 saturated heterocycles. The zero-order valence-electron chi connectivity index (χ0n) is 8.93. The number of carbonyl (C=O) groups excluding carboxylic acids is 1. The van der Waals surface area contributed by atoms with E-state index in [1.54, 1.807) is 29.9 Å². The van der Waals surface area contributed by atoms with E-state index in [0.29, 0.717) is 12.3 Å². The van der Waals surface area contributed by atoms with Crippen LogP contribution in [0.2, 0.25) is 0 Å². The van der Waals surface area contributed by atoms with Gasteiger partial charge in [-0.3, -0.25) is 4.79 Å². The highest BCUT2D eigenvalue weighted by Crippen LogP contribution is 1.99. The van der Waals surface area contributed by atoms with Crippen LogP contribution in [0.5, 0.6) is 0 Å². The largest absolute Gasteiger partial charge is 0.394 e. The van der Waals surface area contributed by atoms with Gasteiger partial charge in [0.25, 0.3) is 5.91 Å². The molecule has 1 unspecified atom stereocenters. The van der Waals surface area contributed by atoms with E-state index in [9.17, 15) is 4.79 Å². The SMILES string of the molecule is COCC(CO)NC(=O)c1cccn1C. The van der Waals surface area contributed by atoms with E-state index in [4.69, 9.17) is 9.84 Å². The average Bonchev–Trinajstić information content (AvgIpc) is 2.63. The minimum Gasteiger partial charge on any atom is -0.394 e. The average molecular weight is 212 g/mol. The summed E-state index contributed by atoms with van der Waals surface area (Å²) in [6.07, 6.45) is 1.79. The zero-order valence-corrected chi connectivity index (χ0v) is 8.93. The third-order valence-corrected chi connectivity index (χ3v) is 2.10. The first-order chi connectivity index (χ1) is 7.19. The lowest BCUT2D eigenvalue weighted by Crippen LogP contribution is -2.41. The Bertz CT molecular complexity index is 322. The van der Waals surface area contributed by atoms with Gasteiger partial charge in [0.15, 0.2) is 0 Å². The van der Waals surface area contributed by atoms with Gasteiger partial charge in [-0.05, 0) is 12.1 Å². The van der Waals surface area contributed by atoms with Crippen LogP contribution in [0.3, 0.4) is 0 Å². The second kappa shape index (κ2) is 5.53. The first-order valence-corrected chi connectivity index (χ1v) is 4.71. The molecule has 0 spiro atoms. The summed E-state index contributed by atoms with van der Waals surface area (Å²) >= 11 is 0. The number of nitrogens with one attached hydrogen (secondary N) is 1. The van der Waals surface area contributed by atoms with Crippen molar-refractivity contribution >= 4 is 5.91 Å². The van der Waals surface area contributed by atoms with Crippen molar-refractivity contribution in [2.45, 2.75) is 6.04 Å². The molecule has 2 N–H and O–H groups in total. The van der Waals surface area contributed by atoms with Crippen LogP contribution in [0.25, 0.3) is 0 Å². The first kappa shape index (κ1) is 11.7. The molecule has 0 fully saturated rings. The maximum atomic E-state index is 11.7. The van der Waals surface area contributed by atoms with Crippen molar-refractivity contribution < 1.29 is 14.6 Å². The molecule has 1 aromatic heterocycles. The fourth-order valence-electron chi connectivity index (χ4n) is 1.30. The van der Waals surface area contributed by atoms with Gasteiger partial charge in [0.2, 0.25) is 0 Å². The lowest BCUT2D eigenvalue weighted by molar-refractivity contribution is 0.0832. The molecule has 1 amide bonds. The molecule has 0 saturated carbocycles. The number of rotatable bonds is 5. The van der Waals surface area contributed by atoms with Gasteiger partial charge in [0.1, 0.15) is 5.69 Å². The molecule has 5 nitrogen and oxygen atoms in total. The maximum absolute atomic E-state index is 11.7. The zero-order chi connectivity index (χ0) is 11.3. The van der Waals surface area contributed by atoms with Crippen molar-refractivity contribution in [3.05, 3.63) is 24.0 Å². The van der Waals surface area contributed by atoms with Crippen molar-refractivity contribution in [1.82, 2.24) is 9.88 Å². The minimum atomic E-state index is -0.364. The molecule has 0 aromatic carbocycles. The third kappa shape index (κ3) is 3.07. The van der Waals surface area contributed by atoms with E-state index < -0.39 is 0 Å². The number of aliphatic hydroxyl groups excluding tert-OH is 1. The number of aliphatic hydroxyl groups is 1. The summed E-state index contributed by atoms with van der Waals surface area (Å²) in [5.74, 6) is -0.210. The number of methoxy groups -OCH3 is 1. The monoisotopic (exact) mass is 212 g/mol. The van der Waals surface area contributed by atoms with E-state index >= 15 is 0 Å². The van der Waals surface area contributed by atoms with Crippen LogP contribution in [0.15, 0.2) is 18.3 Å². The van der Waals surface area contributed by atoms with Crippen LogP contribution in [0, 0.1) is 0 Å². The number of carbonyl (C=O) groups is 1. The van der Waals surface area contributed by atoms with Crippen molar-refractivity contribution in [3.8, 4) is 0 Å². The molecule has 5 heteroatoms. The number of ether oxygens (including phenoxy) is 1. The molecular formula is C10H16N2O3. The molecule has 15 heavy (non-hydrogen) atoms. The highest BCUT2D eigenvalue weighted by Gasteiger charge is 2.14. The molecule has 0 radical (unpaired) electrons. The molecule has 1 atom stereocenters. The topological polar surface area (TPSA) is 63.5 Å². The van der Waals surface area contributed by atoms with Gasteiger partial charge in [-0.1, -0.05) is 0 Å². The lowest BCUT2D eigenvalue weighted by atomic mass is 10.3. The third-order valence-electron chi connectivity index (χ3n) is 2.10. The summed E-state index contributed by atoms with van der Waals surface area (Å²) in [6, 6.07) is 3.15. The number of amides is 1. The number of hydrogen-bond donors (Lipinski definition) is 2. The van der Waals surface area contributed by atoms with Crippen molar-refractivity contribution in [2.24, 2.45) is 7.05 Å². The number of nitrogens with zero attached hydrogens (tertiary/aromatic N) is 1. The maximum Gasteiger partial charge on any atom is 0.268 e. The van der Waals surface area contributed by atoms with Crippen LogP contribution in [0.1, 0.15) is 10.5 Å². The Morgan fingerprint density at radius 3 is 2.93 bits per heavy atom. The normalized spacial score (nSPS) is 12.5. The number of aryl methyl sites for hydroxylation is 1. The van der Waals surface area contributed by atoms with Gasteiger partial charge >= 0.3 is 0 Å². The van der Waals surface area contributed by atoms with Gasteiger partial charge in [0.05, 0.1) is 19.3 Å². The molecule has 0 aliphatic carbocycles. The summed E-state index contributed by atoms with van der Waals surface area (Å²) in [4.78, 5) is 11.7. The smallest absolute Gasteiger partial charge is 0.268 e.